The first-order valence-electron chi connectivity index (χ1n) is 7.57. The van der Waals surface area contributed by atoms with Gasteiger partial charge in [-0.2, -0.15) is 0 Å². The van der Waals surface area contributed by atoms with Crippen LogP contribution >= 0.6 is 11.3 Å². The van der Waals surface area contributed by atoms with Crippen LogP contribution in [0.5, 0.6) is 0 Å². The van der Waals surface area contributed by atoms with E-state index in [1.807, 2.05) is 12.4 Å². The first kappa shape index (κ1) is 13.8. The van der Waals surface area contributed by atoms with Crippen molar-refractivity contribution in [2.75, 3.05) is 0 Å². The Kier molecular flexibility index (Phi) is 4.22. The van der Waals surface area contributed by atoms with Crippen LogP contribution in [0.3, 0.4) is 0 Å². The van der Waals surface area contributed by atoms with Crippen LogP contribution in [0, 0.1) is 0 Å². The molecule has 1 N–H and O–H groups in total. The average molecular weight is 290 g/mol. The number of aliphatic hydroxyl groups excluding tert-OH is 1. The molecule has 3 rings (SSSR count). The lowest BCUT2D eigenvalue weighted by molar-refractivity contribution is 0.178. The Morgan fingerprint density at radius 2 is 2.25 bits per heavy atom. The molecule has 3 nitrogen and oxygen atoms in total. The molecule has 20 heavy (non-hydrogen) atoms. The second-order valence-corrected chi connectivity index (χ2v) is 6.73. The van der Waals surface area contributed by atoms with E-state index in [4.69, 9.17) is 0 Å². The number of aliphatic hydroxyl groups is 1. The summed E-state index contributed by atoms with van der Waals surface area (Å²) in [5, 5.41) is 10.5. The summed E-state index contributed by atoms with van der Waals surface area (Å²) in [5.41, 5.74) is 1.47. The van der Waals surface area contributed by atoms with Gasteiger partial charge in [0.2, 0.25) is 0 Å². The summed E-state index contributed by atoms with van der Waals surface area (Å²) >= 11 is 1.80. The van der Waals surface area contributed by atoms with E-state index in [1.54, 1.807) is 11.3 Å². The van der Waals surface area contributed by atoms with Gasteiger partial charge in [-0.15, -0.1) is 11.3 Å². The van der Waals surface area contributed by atoms with Crippen LogP contribution in [-0.2, 0) is 25.8 Å². The third-order valence-electron chi connectivity index (χ3n) is 3.99. The zero-order chi connectivity index (χ0) is 13.9. The second-order valence-electron chi connectivity index (χ2n) is 5.56. The van der Waals surface area contributed by atoms with Crippen LogP contribution in [0.1, 0.15) is 53.4 Å². The highest BCUT2D eigenvalue weighted by Gasteiger charge is 2.19. The molecule has 1 atom stereocenters. The van der Waals surface area contributed by atoms with Crippen molar-refractivity contribution in [2.45, 2.75) is 58.1 Å². The van der Waals surface area contributed by atoms with Crippen molar-refractivity contribution in [1.82, 2.24) is 9.55 Å². The minimum atomic E-state index is -0.413. The number of aryl methyl sites for hydroxylation is 3. The smallest absolute Gasteiger partial charge is 0.111 e. The maximum absolute atomic E-state index is 10.5. The van der Waals surface area contributed by atoms with Crippen LogP contribution in [0.15, 0.2) is 18.5 Å². The normalized spacial score (nSPS) is 16.1. The predicted octanol–water partition coefficient (Wildman–Crippen LogP) is 3.51. The number of fused-ring (bicyclic) bond motifs is 1. The second kappa shape index (κ2) is 6.10. The summed E-state index contributed by atoms with van der Waals surface area (Å²) in [6, 6.07) is 2.22. The van der Waals surface area contributed by atoms with Gasteiger partial charge in [-0.3, -0.25) is 0 Å². The number of imidazole rings is 1. The van der Waals surface area contributed by atoms with Crippen LogP contribution < -0.4 is 0 Å². The Balaban J connectivity index is 1.73. The zero-order valence-corrected chi connectivity index (χ0v) is 12.8. The van der Waals surface area contributed by atoms with Crippen LogP contribution in [0.2, 0.25) is 0 Å². The highest BCUT2D eigenvalue weighted by atomic mass is 32.1. The van der Waals surface area contributed by atoms with Crippen LogP contribution in [0.25, 0.3) is 0 Å². The van der Waals surface area contributed by atoms with E-state index in [2.05, 4.69) is 22.5 Å². The van der Waals surface area contributed by atoms with E-state index in [0.29, 0.717) is 6.42 Å². The first-order valence-corrected chi connectivity index (χ1v) is 8.39. The molecule has 1 aliphatic carbocycles. The fraction of sp³-hybridized carbons (Fsp3) is 0.562. The summed E-state index contributed by atoms with van der Waals surface area (Å²) in [7, 11) is 0. The van der Waals surface area contributed by atoms with Gasteiger partial charge in [-0.25, -0.2) is 4.98 Å². The van der Waals surface area contributed by atoms with Gasteiger partial charge in [0.1, 0.15) is 5.82 Å². The van der Waals surface area contributed by atoms with Crippen molar-refractivity contribution in [3.63, 3.8) is 0 Å². The minimum Gasteiger partial charge on any atom is -0.387 e. The molecular formula is C16H22N2OS. The molecule has 0 saturated carbocycles. The lowest BCUT2D eigenvalue weighted by atomic mass is 9.99. The van der Waals surface area contributed by atoms with Gasteiger partial charge < -0.3 is 9.67 Å². The summed E-state index contributed by atoms with van der Waals surface area (Å²) in [5.74, 6) is 0.991. The minimum absolute atomic E-state index is 0.413. The van der Waals surface area contributed by atoms with E-state index < -0.39 is 6.10 Å². The molecule has 4 heteroatoms. The molecule has 1 aliphatic rings. The number of aromatic nitrogens is 2. The SMILES string of the molecule is CCCn1ccnc1CC(O)c1cc2c(s1)CCCC2. The maximum atomic E-state index is 10.5. The molecule has 0 aliphatic heterocycles. The molecular weight excluding hydrogens is 268 g/mol. The molecule has 0 spiro atoms. The van der Waals surface area contributed by atoms with Gasteiger partial charge in [0, 0.05) is 35.1 Å². The van der Waals surface area contributed by atoms with E-state index in [9.17, 15) is 5.11 Å². The lowest BCUT2D eigenvalue weighted by Gasteiger charge is -2.10. The predicted molar refractivity (Wildman–Crippen MR) is 82.1 cm³/mol. The number of rotatable bonds is 5. The molecule has 0 aromatic carbocycles. The standard InChI is InChI=1S/C16H22N2OS/c1-2-8-18-9-7-17-16(18)11-13(19)15-10-12-5-3-4-6-14(12)20-15/h7,9-10,13,19H,2-6,8,11H2,1H3. The monoisotopic (exact) mass is 290 g/mol. The molecule has 2 aromatic heterocycles. The van der Waals surface area contributed by atoms with Gasteiger partial charge in [-0.05, 0) is 43.7 Å². The molecule has 1 unspecified atom stereocenters. The van der Waals surface area contributed by atoms with Crippen LogP contribution in [-0.4, -0.2) is 14.7 Å². The first-order chi connectivity index (χ1) is 9.78. The molecule has 0 fully saturated rings. The number of hydrogen-bond acceptors (Lipinski definition) is 3. The van der Waals surface area contributed by atoms with E-state index >= 15 is 0 Å². The van der Waals surface area contributed by atoms with Crippen molar-refractivity contribution < 1.29 is 5.11 Å². The summed E-state index contributed by atoms with van der Waals surface area (Å²) in [4.78, 5) is 6.99. The highest BCUT2D eigenvalue weighted by molar-refractivity contribution is 7.12. The summed E-state index contributed by atoms with van der Waals surface area (Å²) < 4.78 is 2.15. The quantitative estimate of drug-likeness (QED) is 0.915. The van der Waals surface area contributed by atoms with Gasteiger partial charge in [-0.1, -0.05) is 6.92 Å². The molecule has 108 valence electrons. The maximum Gasteiger partial charge on any atom is 0.111 e. The van der Waals surface area contributed by atoms with Crippen LogP contribution in [0.4, 0.5) is 0 Å². The average Bonchev–Trinajstić information content (AvgIpc) is 3.06. The van der Waals surface area contributed by atoms with Gasteiger partial charge in [0.05, 0.1) is 6.10 Å². The molecule has 2 aromatic rings. The third kappa shape index (κ3) is 2.81. The zero-order valence-electron chi connectivity index (χ0n) is 12.0. The fourth-order valence-electron chi connectivity index (χ4n) is 2.93. The Morgan fingerprint density at radius 3 is 3.05 bits per heavy atom. The van der Waals surface area contributed by atoms with Crippen molar-refractivity contribution in [2.24, 2.45) is 0 Å². The lowest BCUT2D eigenvalue weighted by Crippen LogP contribution is -2.08. The molecule has 2 heterocycles. The molecule has 0 bridgehead atoms. The van der Waals surface area contributed by atoms with Crippen molar-refractivity contribution in [3.8, 4) is 0 Å². The highest BCUT2D eigenvalue weighted by Crippen LogP contribution is 2.33. The van der Waals surface area contributed by atoms with E-state index in [-0.39, 0.29) is 0 Å². The summed E-state index contributed by atoms with van der Waals surface area (Å²) in [6.07, 6.45) is 10.1. The Hall–Kier alpha value is -1.13. The number of hydrogen-bond donors (Lipinski definition) is 1. The Morgan fingerprint density at radius 1 is 1.40 bits per heavy atom. The largest absolute Gasteiger partial charge is 0.387 e. The molecule has 0 saturated heterocycles. The van der Waals surface area contributed by atoms with E-state index in [0.717, 1.165) is 23.7 Å². The molecule has 0 radical (unpaired) electrons. The molecule has 0 amide bonds. The van der Waals surface area contributed by atoms with E-state index in [1.165, 1.54) is 36.1 Å². The fourth-order valence-corrected chi connectivity index (χ4v) is 4.17. The summed E-state index contributed by atoms with van der Waals surface area (Å²) in [6.45, 7) is 3.14. The Labute approximate surface area is 124 Å². The number of thiophene rings is 1. The topological polar surface area (TPSA) is 38.0 Å². The van der Waals surface area contributed by atoms with Crippen molar-refractivity contribution in [1.29, 1.82) is 0 Å². The van der Waals surface area contributed by atoms with Gasteiger partial charge in [0.25, 0.3) is 0 Å². The van der Waals surface area contributed by atoms with Crippen molar-refractivity contribution >= 4 is 11.3 Å². The van der Waals surface area contributed by atoms with Crippen molar-refractivity contribution in [3.05, 3.63) is 39.6 Å². The number of nitrogens with zero attached hydrogens (tertiary/aromatic N) is 2. The third-order valence-corrected chi connectivity index (χ3v) is 5.32. The van der Waals surface area contributed by atoms with Gasteiger partial charge in [0.15, 0.2) is 0 Å². The Bertz CT molecular complexity index is 549. The van der Waals surface area contributed by atoms with Gasteiger partial charge >= 0.3 is 0 Å².